The molecule has 0 aliphatic carbocycles. The maximum atomic E-state index is 12.4. The topological polar surface area (TPSA) is 155 Å². The van der Waals surface area contributed by atoms with E-state index in [1.807, 2.05) is 0 Å². The average molecular weight is 433 g/mol. The Hall–Kier alpha value is -2.56. The summed E-state index contributed by atoms with van der Waals surface area (Å²) >= 11 is 0. The van der Waals surface area contributed by atoms with Crippen molar-refractivity contribution in [2.24, 2.45) is 0 Å². The molecule has 11 nitrogen and oxygen atoms in total. The molecular weight excluding hydrogens is 396 g/mol. The molecule has 174 valence electrons. The van der Waals surface area contributed by atoms with Crippen LogP contribution >= 0.6 is 0 Å². The largest absolute Gasteiger partial charge is 0.444 e. The Balaban J connectivity index is 4.70. The highest BCUT2D eigenvalue weighted by Gasteiger charge is 2.24. The van der Waals surface area contributed by atoms with Crippen molar-refractivity contribution in [1.29, 1.82) is 0 Å². The summed E-state index contributed by atoms with van der Waals surface area (Å²) in [6.07, 6.45) is -0.792. The highest BCUT2D eigenvalue weighted by molar-refractivity contribution is 5.89. The molecule has 0 fully saturated rings. The fourth-order valence-corrected chi connectivity index (χ4v) is 2.08. The lowest BCUT2D eigenvalue weighted by Crippen LogP contribution is -2.50. The predicted octanol–water partition coefficient (Wildman–Crippen LogP) is 0.409. The van der Waals surface area contributed by atoms with Crippen molar-refractivity contribution >= 4 is 24.0 Å². The second-order valence-corrected chi connectivity index (χ2v) is 8.56. The molecular formula is C19H36N4O7. The summed E-state index contributed by atoms with van der Waals surface area (Å²) in [6.45, 7) is 10.1. The molecule has 0 aliphatic heterocycles. The second kappa shape index (κ2) is 12.9. The molecule has 4 amide bonds. The highest BCUT2D eigenvalue weighted by Crippen LogP contribution is 2.08. The van der Waals surface area contributed by atoms with Crippen LogP contribution in [0.5, 0.6) is 0 Å². The molecule has 11 heteroatoms. The van der Waals surface area contributed by atoms with E-state index in [0.29, 0.717) is 6.42 Å². The van der Waals surface area contributed by atoms with Gasteiger partial charge in [-0.25, -0.2) is 9.59 Å². The second-order valence-electron chi connectivity index (χ2n) is 8.56. The van der Waals surface area contributed by atoms with E-state index in [0.717, 1.165) is 0 Å². The first kappa shape index (κ1) is 27.4. The smallest absolute Gasteiger partial charge is 0.408 e. The van der Waals surface area contributed by atoms with Gasteiger partial charge in [-0.1, -0.05) is 0 Å². The van der Waals surface area contributed by atoms with Crippen molar-refractivity contribution in [3.8, 4) is 0 Å². The number of hydrogen-bond donors (Lipinski definition) is 5. The minimum atomic E-state index is -0.967. The number of ether oxygens (including phenoxy) is 2. The van der Waals surface area contributed by atoms with Crippen LogP contribution in [0.25, 0.3) is 0 Å². The number of alkyl carbamates (subject to hydrolysis) is 2. The molecule has 0 rings (SSSR count). The maximum absolute atomic E-state index is 12.4. The Bertz CT molecular complexity index is 582. The third-order valence-electron chi connectivity index (χ3n) is 3.20. The molecule has 0 aromatic rings. The zero-order chi connectivity index (χ0) is 23.4. The molecule has 0 aromatic carbocycles. The van der Waals surface area contributed by atoms with E-state index in [1.165, 1.54) is 0 Å². The number of nitrogens with one attached hydrogen (secondary N) is 4. The van der Waals surface area contributed by atoms with E-state index in [4.69, 9.17) is 14.6 Å². The van der Waals surface area contributed by atoms with Gasteiger partial charge in [0, 0.05) is 13.1 Å². The number of carbonyl (C=O) groups is 4. The van der Waals surface area contributed by atoms with Crippen LogP contribution in [0, 0.1) is 0 Å². The lowest BCUT2D eigenvalue weighted by atomic mass is 10.1. The third-order valence-corrected chi connectivity index (χ3v) is 3.20. The van der Waals surface area contributed by atoms with Crippen LogP contribution in [0.2, 0.25) is 0 Å². The SMILES string of the molecule is CC(C)(C)OC(=O)NCCCC(NC(=O)OC(C)(C)C)C(=O)NCC(=O)NCCO. The van der Waals surface area contributed by atoms with Crippen LogP contribution in [0.1, 0.15) is 54.4 Å². The number of rotatable bonds is 10. The molecule has 0 aliphatic rings. The highest BCUT2D eigenvalue weighted by atomic mass is 16.6. The first-order valence-electron chi connectivity index (χ1n) is 9.85. The van der Waals surface area contributed by atoms with Gasteiger partial charge in [0.25, 0.3) is 0 Å². The summed E-state index contributed by atoms with van der Waals surface area (Å²) in [5, 5.41) is 18.6. The first-order valence-corrected chi connectivity index (χ1v) is 9.85. The molecule has 0 spiro atoms. The number of aliphatic hydroxyl groups excluding tert-OH is 1. The van der Waals surface area contributed by atoms with E-state index < -0.39 is 41.2 Å². The van der Waals surface area contributed by atoms with Gasteiger partial charge in [-0.15, -0.1) is 0 Å². The molecule has 0 saturated carbocycles. The Kier molecular flexibility index (Phi) is 11.8. The molecule has 0 aromatic heterocycles. The lowest BCUT2D eigenvalue weighted by molar-refractivity contribution is -0.127. The van der Waals surface area contributed by atoms with Crippen LogP contribution in [0.3, 0.4) is 0 Å². The van der Waals surface area contributed by atoms with Crippen LogP contribution in [-0.4, -0.2) is 72.6 Å². The molecule has 1 unspecified atom stereocenters. The van der Waals surface area contributed by atoms with E-state index >= 15 is 0 Å². The summed E-state index contributed by atoms with van der Waals surface area (Å²) in [4.78, 5) is 47.7. The number of amides is 4. The molecule has 30 heavy (non-hydrogen) atoms. The maximum Gasteiger partial charge on any atom is 0.408 e. The van der Waals surface area contributed by atoms with Gasteiger partial charge in [0.05, 0.1) is 13.2 Å². The molecule has 0 heterocycles. The van der Waals surface area contributed by atoms with Gasteiger partial charge in [-0.3, -0.25) is 9.59 Å². The Morgan fingerprint density at radius 3 is 1.93 bits per heavy atom. The Morgan fingerprint density at radius 2 is 1.40 bits per heavy atom. The molecule has 5 N–H and O–H groups in total. The quantitative estimate of drug-likeness (QED) is 0.313. The molecule has 1 atom stereocenters. The van der Waals surface area contributed by atoms with E-state index in [1.54, 1.807) is 41.5 Å². The minimum absolute atomic E-state index is 0.0740. The van der Waals surface area contributed by atoms with Gasteiger partial charge in [0.15, 0.2) is 0 Å². The predicted molar refractivity (Wildman–Crippen MR) is 110 cm³/mol. The minimum Gasteiger partial charge on any atom is -0.444 e. The van der Waals surface area contributed by atoms with Gasteiger partial charge in [0.1, 0.15) is 17.2 Å². The van der Waals surface area contributed by atoms with E-state index in [9.17, 15) is 19.2 Å². The van der Waals surface area contributed by atoms with Crippen molar-refractivity contribution in [3.63, 3.8) is 0 Å². The van der Waals surface area contributed by atoms with Gasteiger partial charge >= 0.3 is 12.2 Å². The first-order chi connectivity index (χ1) is 13.7. The van der Waals surface area contributed by atoms with Crippen molar-refractivity contribution in [3.05, 3.63) is 0 Å². The van der Waals surface area contributed by atoms with Gasteiger partial charge in [-0.05, 0) is 54.4 Å². The van der Waals surface area contributed by atoms with Crippen molar-refractivity contribution in [1.82, 2.24) is 21.3 Å². The monoisotopic (exact) mass is 432 g/mol. The zero-order valence-corrected chi connectivity index (χ0v) is 18.7. The third kappa shape index (κ3) is 15.4. The van der Waals surface area contributed by atoms with Gasteiger partial charge in [0.2, 0.25) is 11.8 Å². The van der Waals surface area contributed by atoms with Crippen LogP contribution in [0.4, 0.5) is 9.59 Å². The van der Waals surface area contributed by atoms with E-state index in [-0.39, 0.29) is 32.7 Å². The number of carbonyl (C=O) groups excluding carboxylic acids is 4. The van der Waals surface area contributed by atoms with Crippen molar-refractivity contribution in [2.45, 2.75) is 71.6 Å². The summed E-state index contributed by atoms with van der Waals surface area (Å²) < 4.78 is 10.3. The Labute approximate surface area is 177 Å². The van der Waals surface area contributed by atoms with Crippen LogP contribution in [0.15, 0.2) is 0 Å². The summed E-state index contributed by atoms with van der Waals surface area (Å²) in [5.74, 6) is -1.04. The summed E-state index contributed by atoms with van der Waals surface area (Å²) in [6, 6.07) is -0.967. The summed E-state index contributed by atoms with van der Waals surface area (Å²) in [7, 11) is 0. The van der Waals surface area contributed by atoms with Crippen molar-refractivity contribution in [2.75, 3.05) is 26.2 Å². The van der Waals surface area contributed by atoms with Gasteiger partial charge < -0.3 is 35.8 Å². The fourth-order valence-electron chi connectivity index (χ4n) is 2.08. The normalized spacial score (nSPS) is 12.4. The van der Waals surface area contributed by atoms with Crippen LogP contribution < -0.4 is 21.3 Å². The zero-order valence-electron chi connectivity index (χ0n) is 18.7. The van der Waals surface area contributed by atoms with Crippen LogP contribution in [-0.2, 0) is 19.1 Å². The molecule has 0 radical (unpaired) electrons. The standard InChI is InChI=1S/C19H36N4O7/c1-18(2,3)29-16(27)21-9-7-8-13(23-17(28)30-19(4,5)6)15(26)22-12-14(25)20-10-11-24/h13,24H,7-12H2,1-6H3,(H,20,25)(H,21,27)(H,22,26)(H,23,28). The number of hydrogen-bond acceptors (Lipinski definition) is 7. The van der Waals surface area contributed by atoms with Crippen molar-refractivity contribution < 1.29 is 33.8 Å². The molecule has 0 saturated heterocycles. The lowest BCUT2D eigenvalue weighted by Gasteiger charge is -2.23. The molecule has 0 bridgehead atoms. The Morgan fingerprint density at radius 1 is 0.833 bits per heavy atom. The summed E-state index contributed by atoms with van der Waals surface area (Å²) in [5.41, 5.74) is -1.37. The fraction of sp³-hybridized carbons (Fsp3) is 0.789. The van der Waals surface area contributed by atoms with E-state index in [2.05, 4.69) is 21.3 Å². The average Bonchev–Trinajstić information content (AvgIpc) is 2.57. The van der Waals surface area contributed by atoms with Gasteiger partial charge in [-0.2, -0.15) is 0 Å². The number of aliphatic hydroxyl groups is 1.